The molecule has 1 unspecified atom stereocenters. The second kappa shape index (κ2) is 4.58. The molecule has 4 heteroatoms. The predicted molar refractivity (Wildman–Crippen MR) is 84.8 cm³/mol. The van der Waals surface area contributed by atoms with E-state index in [2.05, 4.69) is 31.3 Å². The summed E-state index contributed by atoms with van der Waals surface area (Å²) in [4.78, 5) is 14.4. The van der Waals surface area contributed by atoms with Gasteiger partial charge in [0.25, 0.3) is 0 Å². The zero-order valence-corrected chi connectivity index (χ0v) is 12.7. The number of nitrogens with zero attached hydrogens (tertiary/aromatic N) is 1. The van der Waals surface area contributed by atoms with Crippen LogP contribution in [0.2, 0.25) is 0 Å². The third kappa shape index (κ3) is 1.58. The van der Waals surface area contributed by atoms with E-state index in [1.807, 2.05) is 30.3 Å². The maximum atomic E-state index is 12.5. The van der Waals surface area contributed by atoms with Crippen molar-refractivity contribution >= 4 is 11.7 Å². The maximum absolute atomic E-state index is 12.5. The Balaban J connectivity index is 2.05. The summed E-state index contributed by atoms with van der Waals surface area (Å²) < 4.78 is 6.23. The normalized spacial score (nSPS) is 23.0. The highest BCUT2D eigenvalue weighted by atomic mass is 16.5. The minimum atomic E-state index is -0.810. The monoisotopic (exact) mass is 294 g/mol. The topological polar surface area (TPSA) is 41.6 Å². The average molecular weight is 294 g/mol. The Labute approximate surface area is 129 Å². The van der Waals surface area contributed by atoms with Gasteiger partial charge in [-0.3, -0.25) is 4.90 Å². The number of hydrogen-bond donors (Lipinski definition) is 1. The summed E-state index contributed by atoms with van der Waals surface area (Å²) in [5.74, 6) is 0. The van der Waals surface area contributed by atoms with Crippen molar-refractivity contribution in [3.8, 4) is 0 Å². The molecule has 0 spiro atoms. The Hall–Kier alpha value is -2.33. The first-order valence-electron chi connectivity index (χ1n) is 7.53. The van der Waals surface area contributed by atoms with E-state index in [4.69, 9.17) is 4.74 Å². The largest absolute Gasteiger partial charge is 0.345 e. The Morgan fingerprint density at radius 1 is 1.09 bits per heavy atom. The SMILES string of the molecule is Cc1cccc(C23OCCN2C(=O)Nc2ccccc23)c1C. The van der Waals surface area contributed by atoms with Crippen molar-refractivity contribution < 1.29 is 9.53 Å². The molecule has 1 N–H and O–H groups in total. The quantitative estimate of drug-likeness (QED) is 0.876. The van der Waals surface area contributed by atoms with Gasteiger partial charge in [0.05, 0.1) is 12.3 Å². The number of carbonyl (C=O) groups is 1. The first kappa shape index (κ1) is 13.3. The van der Waals surface area contributed by atoms with Gasteiger partial charge >= 0.3 is 6.03 Å². The number of amides is 2. The minimum Gasteiger partial charge on any atom is -0.345 e. The molecule has 2 aromatic rings. The summed E-state index contributed by atoms with van der Waals surface area (Å²) in [5.41, 5.74) is 4.43. The Bertz CT molecular complexity index is 771. The molecule has 4 nitrogen and oxygen atoms in total. The lowest BCUT2D eigenvalue weighted by molar-refractivity contribution is -0.0331. The van der Waals surface area contributed by atoms with Crippen LogP contribution in [-0.2, 0) is 10.5 Å². The van der Waals surface area contributed by atoms with Gasteiger partial charge in [0, 0.05) is 17.7 Å². The van der Waals surface area contributed by atoms with Gasteiger partial charge in [-0.05, 0) is 31.0 Å². The van der Waals surface area contributed by atoms with Crippen molar-refractivity contribution in [3.05, 3.63) is 64.7 Å². The zero-order valence-electron chi connectivity index (χ0n) is 12.7. The third-order valence-electron chi connectivity index (χ3n) is 4.75. The van der Waals surface area contributed by atoms with Crippen LogP contribution in [0.3, 0.4) is 0 Å². The summed E-state index contributed by atoms with van der Waals surface area (Å²) >= 11 is 0. The molecule has 0 aromatic heterocycles. The molecule has 0 bridgehead atoms. The number of hydrogen-bond acceptors (Lipinski definition) is 2. The van der Waals surface area contributed by atoms with E-state index in [9.17, 15) is 4.79 Å². The van der Waals surface area contributed by atoms with Crippen molar-refractivity contribution in [1.29, 1.82) is 0 Å². The lowest BCUT2D eigenvalue weighted by atomic mass is 9.86. The van der Waals surface area contributed by atoms with Gasteiger partial charge in [0.1, 0.15) is 0 Å². The van der Waals surface area contributed by atoms with E-state index in [1.165, 1.54) is 11.1 Å². The van der Waals surface area contributed by atoms with Crippen molar-refractivity contribution in [1.82, 2.24) is 4.90 Å². The molecule has 22 heavy (non-hydrogen) atoms. The Morgan fingerprint density at radius 3 is 2.73 bits per heavy atom. The van der Waals surface area contributed by atoms with Crippen LogP contribution in [0.25, 0.3) is 0 Å². The molecular weight excluding hydrogens is 276 g/mol. The van der Waals surface area contributed by atoms with Gasteiger partial charge in [-0.1, -0.05) is 36.4 Å². The van der Waals surface area contributed by atoms with Gasteiger partial charge in [-0.15, -0.1) is 0 Å². The van der Waals surface area contributed by atoms with Crippen molar-refractivity contribution in [3.63, 3.8) is 0 Å². The van der Waals surface area contributed by atoms with Crippen LogP contribution in [0, 0.1) is 13.8 Å². The Morgan fingerprint density at radius 2 is 1.86 bits per heavy atom. The summed E-state index contributed by atoms with van der Waals surface area (Å²) in [5, 5.41) is 2.97. The molecule has 0 radical (unpaired) electrons. The van der Waals surface area contributed by atoms with Crippen LogP contribution in [0.15, 0.2) is 42.5 Å². The van der Waals surface area contributed by atoms with Crippen LogP contribution in [0.5, 0.6) is 0 Å². The van der Waals surface area contributed by atoms with E-state index in [-0.39, 0.29) is 6.03 Å². The zero-order chi connectivity index (χ0) is 15.3. The van der Waals surface area contributed by atoms with Gasteiger partial charge in [-0.2, -0.15) is 0 Å². The van der Waals surface area contributed by atoms with Gasteiger partial charge < -0.3 is 10.1 Å². The summed E-state index contributed by atoms with van der Waals surface area (Å²) in [6.45, 7) is 5.31. The molecule has 0 aliphatic carbocycles. The lowest BCUT2D eigenvalue weighted by Gasteiger charge is -2.43. The molecule has 112 valence electrons. The van der Waals surface area contributed by atoms with Gasteiger partial charge in [-0.25, -0.2) is 4.79 Å². The second-order valence-electron chi connectivity index (χ2n) is 5.87. The van der Waals surface area contributed by atoms with Crippen LogP contribution in [0.4, 0.5) is 10.5 Å². The molecular formula is C18H18N2O2. The van der Waals surface area contributed by atoms with Crippen LogP contribution in [0.1, 0.15) is 22.3 Å². The smallest absolute Gasteiger partial charge is 0.324 e. The van der Waals surface area contributed by atoms with Gasteiger partial charge in [0.15, 0.2) is 5.72 Å². The summed E-state index contributed by atoms with van der Waals surface area (Å²) in [6.07, 6.45) is 0. The molecule has 4 rings (SSSR count). The number of urea groups is 1. The Kier molecular flexibility index (Phi) is 2.78. The highest BCUT2D eigenvalue weighted by molar-refractivity contribution is 5.94. The third-order valence-corrected chi connectivity index (χ3v) is 4.75. The number of para-hydroxylation sites is 1. The fraction of sp³-hybridized carbons (Fsp3) is 0.278. The van der Waals surface area contributed by atoms with Crippen LogP contribution < -0.4 is 5.32 Å². The average Bonchev–Trinajstić information content (AvgIpc) is 2.97. The highest BCUT2D eigenvalue weighted by Gasteiger charge is 2.52. The molecule has 1 atom stereocenters. The van der Waals surface area contributed by atoms with E-state index in [0.29, 0.717) is 13.2 Å². The summed E-state index contributed by atoms with van der Waals surface area (Å²) in [7, 11) is 0. The molecule has 2 heterocycles. The van der Waals surface area contributed by atoms with Gasteiger partial charge in [0.2, 0.25) is 0 Å². The standard InChI is InChI=1S/C18H18N2O2/c1-12-6-5-8-14(13(12)2)18-15-7-3-4-9-16(15)19-17(21)20(18)10-11-22-18/h3-9H,10-11H2,1-2H3,(H,19,21). The van der Waals surface area contributed by atoms with Crippen molar-refractivity contribution in [2.75, 3.05) is 18.5 Å². The number of carbonyl (C=O) groups excluding carboxylic acids is 1. The number of benzene rings is 2. The van der Waals surface area contributed by atoms with E-state index in [0.717, 1.165) is 16.8 Å². The molecule has 2 aliphatic rings. The lowest BCUT2D eigenvalue weighted by Crippen LogP contribution is -2.52. The molecule has 2 amide bonds. The number of anilines is 1. The molecule has 2 aromatic carbocycles. The fourth-order valence-corrected chi connectivity index (χ4v) is 3.54. The maximum Gasteiger partial charge on any atom is 0.324 e. The number of nitrogens with one attached hydrogen (secondary N) is 1. The number of rotatable bonds is 1. The first-order chi connectivity index (χ1) is 10.6. The summed E-state index contributed by atoms with van der Waals surface area (Å²) in [6, 6.07) is 14.0. The predicted octanol–water partition coefficient (Wildman–Crippen LogP) is 3.38. The molecule has 2 aliphatic heterocycles. The number of ether oxygens (including phenoxy) is 1. The van der Waals surface area contributed by atoms with E-state index < -0.39 is 5.72 Å². The molecule has 0 saturated carbocycles. The second-order valence-corrected chi connectivity index (χ2v) is 5.87. The molecule has 1 fully saturated rings. The van der Waals surface area contributed by atoms with Crippen molar-refractivity contribution in [2.24, 2.45) is 0 Å². The van der Waals surface area contributed by atoms with E-state index >= 15 is 0 Å². The highest BCUT2D eigenvalue weighted by Crippen LogP contribution is 2.47. The fourth-order valence-electron chi connectivity index (χ4n) is 3.54. The van der Waals surface area contributed by atoms with Crippen LogP contribution >= 0.6 is 0 Å². The van der Waals surface area contributed by atoms with Crippen LogP contribution in [-0.4, -0.2) is 24.1 Å². The minimum absolute atomic E-state index is 0.0999. The van der Waals surface area contributed by atoms with E-state index in [1.54, 1.807) is 4.90 Å². The number of fused-ring (bicyclic) bond motifs is 3. The first-order valence-corrected chi connectivity index (χ1v) is 7.53. The molecule has 1 saturated heterocycles. The number of aryl methyl sites for hydroxylation is 1. The van der Waals surface area contributed by atoms with Crippen molar-refractivity contribution in [2.45, 2.75) is 19.6 Å².